The van der Waals surface area contributed by atoms with Crippen LogP contribution in [-0.2, 0) is 9.30 Å². The van der Waals surface area contributed by atoms with Crippen LogP contribution >= 0.6 is 7.14 Å². The SMILES string of the molecule is CC(C)(C)OC(=O)Nc1cc(C(=O)O)cc(P(C)(C)=O)c1. The minimum absolute atomic E-state index is 0.0394. The van der Waals surface area contributed by atoms with Crippen LogP contribution in [0.3, 0.4) is 0 Å². The molecule has 0 aromatic heterocycles. The number of ether oxygens (including phenoxy) is 1. The van der Waals surface area contributed by atoms with Gasteiger partial charge in [-0.2, -0.15) is 0 Å². The number of carbonyl (C=O) groups excluding carboxylic acids is 1. The van der Waals surface area contributed by atoms with Crippen LogP contribution in [0.25, 0.3) is 0 Å². The molecule has 1 rings (SSSR count). The van der Waals surface area contributed by atoms with Gasteiger partial charge in [0.2, 0.25) is 0 Å². The molecule has 0 aliphatic heterocycles. The maximum Gasteiger partial charge on any atom is 0.412 e. The summed E-state index contributed by atoms with van der Waals surface area (Å²) >= 11 is 0. The van der Waals surface area contributed by atoms with E-state index >= 15 is 0 Å². The van der Waals surface area contributed by atoms with E-state index in [-0.39, 0.29) is 11.3 Å². The average molecular weight is 313 g/mol. The summed E-state index contributed by atoms with van der Waals surface area (Å²) in [6.07, 6.45) is -0.696. The molecule has 1 aromatic rings. The number of amides is 1. The lowest BCUT2D eigenvalue weighted by molar-refractivity contribution is 0.0633. The van der Waals surface area contributed by atoms with Crippen LogP contribution in [0.4, 0.5) is 10.5 Å². The molecule has 116 valence electrons. The topological polar surface area (TPSA) is 92.7 Å². The molecule has 0 fully saturated rings. The Morgan fingerprint density at radius 2 is 1.76 bits per heavy atom. The first-order chi connectivity index (χ1) is 9.38. The van der Waals surface area contributed by atoms with E-state index in [9.17, 15) is 14.2 Å². The molecule has 1 aromatic carbocycles. The van der Waals surface area contributed by atoms with Gasteiger partial charge in [0, 0.05) is 11.0 Å². The number of carbonyl (C=O) groups is 2. The van der Waals surface area contributed by atoms with Crippen LogP contribution in [0.2, 0.25) is 0 Å². The van der Waals surface area contributed by atoms with E-state index < -0.39 is 24.8 Å². The van der Waals surface area contributed by atoms with Crippen molar-refractivity contribution >= 4 is 30.2 Å². The van der Waals surface area contributed by atoms with Crippen LogP contribution in [0.5, 0.6) is 0 Å². The molecule has 7 heteroatoms. The smallest absolute Gasteiger partial charge is 0.412 e. The number of benzene rings is 1. The van der Waals surface area contributed by atoms with E-state index in [0.29, 0.717) is 5.30 Å². The van der Waals surface area contributed by atoms with Crippen LogP contribution in [0.1, 0.15) is 31.1 Å². The van der Waals surface area contributed by atoms with Crippen molar-refractivity contribution in [2.75, 3.05) is 18.6 Å². The fourth-order valence-corrected chi connectivity index (χ4v) is 2.44. The van der Waals surface area contributed by atoms with Crippen molar-refractivity contribution in [2.24, 2.45) is 0 Å². The van der Waals surface area contributed by atoms with E-state index in [1.807, 2.05) is 0 Å². The van der Waals surface area contributed by atoms with Gasteiger partial charge >= 0.3 is 12.1 Å². The first-order valence-corrected chi connectivity index (χ1v) is 8.92. The molecule has 0 saturated heterocycles. The standard InChI is InChI=1S/C14H20NO5P/c1-14(2,3)20-13(18)15-10-6-9(12(16)17)7-11(8-10)21(4,5)19/h6-8H,1-5H3,(H,15,18)(H,16,17). The summed E-state index contributed by atoms with van der Waals surface area (Å²) < 4.78 is 17.2. The van der Waals surface area contributed by atoms with Crippen LogP contribution in [0, 0.1) is 0 Å². The van der Waals surface area contributed by atoms with E-state index in [1.165, 1.54) is 31.5 Å². The molecule has 21 heavy (non-hydrogen) atoms. The zero-order valence-electron chi connectivity index (χ0n) is 12.8. The summed E-state index contributed by atoms with van der Waals surface area (Å²) in [6.45, 7) is 8.23. The highest BCUT2D eigenvalue weighted by Gasteiger charge is 2.19. The Hall–Kier alpha value is -1.81. The molecule has 0 unspecified atom stereocenters. The molecule has 0 aliphatic carbocycles. The fourth-order valence-electron chi connectivity index (χ4n) is 1.54. The minimum Gasteiger partial charge on any atom is -0.478 e. The second-order valence-electron chi connectivity index (χ2n) is 6.05. The number of anilines is 1. The Morgan fingerprint density at radius 1 is 1.19 bits per heavy atom. The van der Waals surface area contributed by atoms with Gasteiger partial charge in [0.25, 0.3) is 0 Å². The second kappa shape index (κ2) is 5.90. The van der Waals surface area contributed by atoms with Crippen molar-refractivity contribution in [3.05, 3.63) is 23.8 Å². The van der Waals surface area contributed by atoms with Crippen molar-refractivity contribution in [3.63, 3.8) is 0 Å². The highest BCUT2D eigenvalue weighted by Crippen LogP contribution is 2.35. The van der Waals surface area contributed by atoms with E-state index in [2.05, 4.69) is 5.32 Å². The lowest BCUT2D eigenvalue weighted by atomic mass is 10.2. The number of carboxylic acids is 1. The lowest BCUT2D eigenvalue weighted by Crippen LogP contribution is -2.27. The Bertz CT molecular complexity index is 612. The maximum atomic E-state index is 12.1. The van der Waals surface area contributed by atoms with E-state index in [0.717, 1.165) is 0 Å². The second-order valence-corrected chi connectivity index (χ2v) is 9.27. The van der Waals surface area contributed by atoms with Gasteiger partial charge in [-0.1, -0.05) is 0 Å². The Kier molecular flexibility index (Phi) is 4.84. The maximum absolute atomic E-state index is 12.1. The predicted octanol–water partition coefficient (Wildman–Crippen LogP) is 2.98. The summed E-state index contributed by atoms with van der Waals surface area (Å²) in [5.74, 6) is -1.16. The number of hydrogen-bond donors (Lipinski definition) is 2. The van der Waals surface area contributed by atoms with E-state index in [1.54, 1.807) is 20.8 Å². The van der Waals surface area contributed by atoms with Crippen LogP contribution in [-0.4, -0.2) is 36.1 Å². The fraction of sp³-hybridized carbons (Fsp3) is 0.429. The van der Waals surface area contributed by atoms with E-state index in [4.69, 9.17) is 9.84 Å². The first-order valence-electron chi connectivity index (χ1n) is 6.32. The molecule has 0 spiro atoms. The van der Waals surface area contributed by atoms with Crippen LogP contribution < -0.4 is 10.6 Å². The molecule has 0 heterocycles. The predicted molar refractivity (Wildman–Crippen MR) is 82.3 cm³/mol. The van der Waals surface area contributed by atoms with Crippen molar-refractivity contribution in [1.82, 2.24) is 0 Å². The van der Waals surface area contributed by atoms with Gasteiger partial charge < -0.3 is 14.4 Å². The van der Waals surface area contributed by atoms with Gasteiger partial charge in [-0.3, -0.25) is 5.32 Å². The highest BCUT2D eigenvalue weighted by atomic mass is 31.2. The van der Waals surface area contributed by atoms with Gasteiger partial charge in [0.05, 0.1) is 5.56 Å². The third-order valence-corrected chi connectivity index (χ3v) is 3.93. The zero-order chi connectivity index (χ0) is 16.4. The summed E-state index contributed by atoms with van der Waals surface area (Å²) in [4.78, 5) is 22.8. The van der Waals surface area contributed by atoms with Gasteiger partial charge in [0.15, 0.2) is 0 Å². The molecular formula is C14H20NO5P. The molecule has 6 nitrogen and oxygen atoms in total. The minimum atomic E-state index is -2.65. The molecule has 0 saturated carbocycles. The molecule has 0 bridgehead atoms. The molecule has 0 radical (unpaired) electrons. The largest absolute Gasteiger partial charge is 0.478 e. The summed E-state index contributed by atoms with van der Waals surface area (Å²) in [7, 11) is -2.65. The molecule has 2 N–H and O–H groups in total. The molecule has 0 atom stereocenters. The first kappa shape index (κ1) is 17.2. The van der Waals surface area contributed by atoms with Gasteiger partial charge in [-0.15, -0.1) is 0 Å². The quantitative estimate of drug-likeness (QED) is 0.837. The van der Waals surface area contributed by atoms with Gasteiger partial charge in [-0.25, -0.2) is 9.59 Å². The Balaban J connectivity index is 3.13. The van der Waals surface area contributed by atoms with Crippen molar-refractivity contribution < 1.29 is 24.0 Å². The van der Waals surface area contributed by atoms with Gasteiger partial charge in [0.1, 0.15) is 12.7 Å². The summed E-state index contributed by atoms with van der Waals surface area (Å²) in [5, 5.41) is 11.9. The molecule has 1 amide bonds. The van der Waals surface area contributed by atoms with Crippen LogP contribution in [0.15, 0.2) is 18.2 Å². The van der Waals surface area contributed by atoms with Gasteiger partial charge in [-0.05, 0) is 52.3 Å². The number of nitrogens with one attached hydrogen (secondary N) is 1. The molecular weight excluding hydrogens is 293 g/mol. The number of rotatable bonds is 3. The van der Waals surface area contributed by atoms with Crippen molar-refractivity contribution in [2.45, 2.75) is 26.4 Å². The number of carboxylic acid groups (broad SMARTS) is 1. The van der Waals surface area contributed by atoms with Crippen molar-refractivity contribution in [3.8, 4) is 0 Å². The Morgan fingerprint density at radius 3 is 2.19 bits per heavy atom. The third kappa shape index (κ3) is 5.60. The molecule has 0 aliphatic rings. The highest BCUT2D eigenvalue weighted by molar-refractivity contribution is 7.70. The normalized spacial score (nSPS) is 11.9. The number of aromatic carboxylic acids is 1. The zero-order valence-corrected chi connectivity index (χ0v) is 13.7. The lowest BCUT2D eigenvalue weighted by Gasteiger charge is -2.20. The number of hydrogen-bond acceptors (Lipinski definition) is 4. The summed E-state index contributed by atoms with van der Waals surface area (Å²) in [6, 6.07) is 4.14. The monoisotopic (exact) mass is 313 g/mol. The Labute approximate surface area is 123 Å². The summed E-state index contributed by atoms with van der Waals surface area (Å²) in [5.41, 5.74) is -0.465. The third-order valence-electron chi connectivity index (χ3n) is 2.43. The average Bonchev–Trinajstić information content (AvgIpc) is 2.24. The van der Waals surface area contributed by atoms with Crippen molar-refractivity contribution in [1.29, 1.82) is 0 Å².